The van der Waals surface area contributed by atoms with Crippen molar-refractivity contribution in [3.63, 3.8) is 0 Å². The molecule has 6 heteroatoms. The van der Waals surface area contributed by atoms with Crippen LogP contribution in [0.4, 0.5) is 11.4 Å². The van der Waals surface area contributed by atoms with E-state index in [1.807, 2.05) is 38.1 Å². The van der Waals surface area contributed by atoms with E-state index in [0.29, 0.717) is 16.8 Å². The quantitative estimate of drug-likeness (QED) is 0.723. The third-order valence-electron chi connectivity index (χ3n) is 4.19. The number of nitrogens with one attached hydrogen (secondary N) is 2. The molecule has 1 heterocycles. The number of hydrogen-bond acceptors (Lipinski definition) is 4. The van der Waals surface area contributed by atoms with Crippen molar-refractivity contribution < 1.29 is 9.59 Å². The van der Waals surface area contributed by atoms with Crippen molar-refractivity contribution in [1.82, 2.24) is 4.98 Å². The summed E-state index contributed by atoms with van der Waals surface area (Å²) in [5.74, 6) is -0.827. The van der Waals surface area contributed by atoms with Gasteiger partial charge in [0, 0.05) is 17.4 Å². The maximum Gasteiger partial charge on any atom is 0.274 e. The Morgan fingerprint density at radius 1 is 0.929 bits per heavy atom. The van der Waals surface area contributed by atoms with E-state index < -0.39 is 5.91 Å². The number of aryl methyl sites for hydroxylation is 2. The molecule has 0 aliphatic heterocycles. The highest BCUT2D eigenvalue weighted by atomic mass is 16.2. The molecule has 0 fully saturated rings. The molecule has 0 bridgehead atoms. The number of nitriles is 1. The van der Waals surface area contributed by atoms with Crippen molar-refractivity contribution in [2.45, 2.75) is 13.8 Å². The van der Waals surface area contributed by atoms with E-state index in [-0.39, 0.29) is 11.6 Å². The van der Waals surface area contributed by atoms with Gasteiger partial charge in [-0.05, 0) is 55.3 Å². The highest BCUT2D eigenvalue weighted by Gasteiger charge is 2.14. The van der Waals surface area contributed by atoms with E-state index >= 15 is 0 Å². The summed E-state index contributed by atoms with van der Waals surface area (Å²) in [6, 6.07) is 17.5. The van der Waals surface area contributed by atoms with Crippen molar-refractivity contribution in [1.29, 1.82) is 5.26 Å². The number of aromatic nitrogens is 1. The van der Waals surface area contributed by atoms with E-state index in [0.717, 1.165) is 16.8 Å². The molecule has 2 aromatic carbocycles. The SMILES string of the molecule is Cc1ccc(C)c(NC(=O)c2ccnc(C(=O)Nc3ccccc3C#N)c2)c1. The molecular weight excluding hydrogens is 352 g/mol. The maximum atomic E-state index is 12.6. The molecule has 0 atom stereocenters. The molecule has 0 aliphatic carbocycles. The van der Waals surface area contributed by atoms with Gasteiger partial charge >= 0.3 is 0 Å². The standard InChI is InChI=1S/C22H18N4O2/c1-14-7-8-15(2)19(11-14)26-21(27)16-9-10-24-20(12-16)22(28)25-18-6-4-3-5-17(18)13-23/h3-12H,1-2H3,(H,25,28)(H,26,27). The molecule has 0 aliphatic rings. The predicted molar refractivity (Wildman–Crippen MR) is 107 cm³/mol. The van der Waals surface area contributed by atoms with Crippen LogP contribution in [-0.2, 0) is 0 Å². The number of rotatable bonds is 4. The normalized spacial score (nSPS) is 10.0. The molecule has 6 nitrogen and oxygen atoms in total. The van der Waals surface area contributed by atoms with Crippen molar-refractivity contribution >= 4 is 23.2 Å². The number of nitrogens with zero attached hydrogens (tertiary/aromatic N) is 2. The lowest BCUT2D eigenvalue weighted by atomic mass is 10.1. The van der Waals surface area contributed by atoms with Gasteiger partial charge < -0.3 is 10.6 Å². The summed E-state index contributed by atoms with van der Waals surface area (Å²) in [5, 5.41) is 14.6. The number of benzene rings is 2. The zero-order chi connectivity index (χ0) is 20.1. The van der Waals surface area contributed by atoms with Gasteiger partial charge in [0.05, 0.1) is 11.3 Å². The Morgan fingerprint density at radius 3 is 2.46 bits per heavy atom. The number of anilines is 2. The molecule has 2 amide bonds. The fourth-order valence-electron chi connectivity index (χ4n) is 2.64. The van der Waals surface area contributed by atoms with Gasteiger partial charge in [0.15, 0.2) is 0 Å². The smallest absolute Gasteiger partial charge is 0.274 e. The van der Waals surface area contributed by atoms with Gasteiger partial charge in [0.25, 0.3) is 11.8 Å². The monoisotopic (exact) mass is 370 g/mol. The van der Waals surface area contributed by atoms with E-state index in [1.54, 1.807) is 30.3 Å². The average molecular weight is 370 g/mol. The van der Waals surface area contributed by atoms with Crippen molar-refractivity contribution in [3.05, 3.63) is 88.7 Å². The molecule has 0 saturated heterocycles. The summed E-state index contributed by atoms with van der Waals surface area (Å²) < 4.78 is 0. The lowest BCUT2D eigenvalue weighted by molar-refractivity contribution is 0.102. The summed E-state index contributed by atoms with van der Waals surface area (Å²) in [6.45, 7) is 3.86. The second-order valence-electron chi connectivity index (χ2n) is 6.31. The largest absolute Gasteiger partial charge is 0.322 e. The molecule has 2 N–H and O–H groups in total. The Morgan fingerprint density at radius 2 is 1.68 bits per heavy atom. The summed E-state index contributed by atoms with van der Waals surface area (Å²) in [7, 11) is 0. The van der Waals surface area contributed by atoms with Gasteiger partial charge in [-0.25, -0.2) is 0 Å². The third-order valence-corrected chi connectivity index (χ3v) is 4.19. The summed E-state index contributed by atoms with van der Waals surface area (Å²) in [4.78, 5) is 29.1. The molecule has 138 valence electrons. The van der Waals surface area contributed by atoms with Crippen LogP contribution in [-0.4, -0.2) is 16.8 Å². The van der Waals surface area contributed by atoms with Gasteiger partial charge in [-0.2, -0.15) is 5.26 Å². The number of carbonyl (C=O) groups is 2. The zero-order valence-corrected chi connectivity index (χ0v) is 15.5. The maximum absolute atomic E-state index is 12.6. The molecule has 0 spiro atoms. The van der Waals surface area contributed by atoms with Crippen molar-refractivity contribution in [3.8, 4) is 6.07 Å². The Bertz CT molecular complexity index is 1100. The average Bonchev–Trinajstić information content (AvgIpc) is 2.71. The summed E-state index contributed by atoms with van der Waals surface area (Å²) in [6.07, 6.45) is 1.41. The van der Waals surface area contributed by atoms with Crippen LogP contribution in [0.3, 0.4) is 0 Å². The Balaban J connectivity index is 1.80. The molecule has 0 unspecified atom stereocenters. The van der Waals surface area contributed by atoms with Crippen LogP contribution < -0.4 is 10.6 Å². The fraction of sp³-hybridized carbons (Fsp3) is 0.0909. The second kappa shape index (κ2) is 8.14. The lowest BCUT2D eigenvalue weighted by Gasteiger charge is -2.10. The minimum absolute atomic E-state index is 0.0846. The first-order chi connectivity index (χ1) is 13.5. The highest BCUT2D eigenvalue weighted by Crippen LogP contribution is 2.18. The van der Waals surface area contributed by atoms with E-state index in [4.69, 9.17) is 5.26 Å². The minimum atomic E-state index is -0.496. The van der Waals surface area contributed by atoms with E-state index in [1.165, 1.54) is 12.3 Å². The lowest BCUT2D eigenvalue weighted by Crippen LogP contribution is -2.17. The molecule has 0 radical (unpaired) electrons. The molecule has 28 heavy (non-hydrogen) atoms. The zero-order valence-electron chi connectivity index (χ0n) is 15.5. The van der Waals surface area contributed by atoms with Gasteiger partial charge in [-0.1, -0.05) is 24.3 Å². The number of carbonyl (C=O) groups excluding carboxylic acids is 2. The van der Waals surface area contributed by atoms with E-state index in [2.05, 4.69) is 15.6 Å². The van der Waals surface area contributed by atoms with Crippen LogP contribution in [0.25, 0.3) is 0 Å². The van der Waals surface area contributed by atoms with Crippen LogP contribution >= 0.6 is 0 Å². The van der Waals surface area contributed by atoms with Gasteiger partial charge in [0.2, 0.25) is 0 Å². The van der Waals surface area contributed by atoms with Gasteiger partial charge in [0.1, 0.15) is 11.8 Å². The fourth-order valence-corrected chi connectivity index (χ4v) is 2.64. The second-order valence-corrected chi connectivity index (χ2v) is 6.31. The first kappa shape index (κ1) is 18.8. The third kappa shape index (κ3) is 4.22. The number of pyridine rings is 1. The minimum Gasteiger partial charge on any atom is -0.322 e. The Labute approximate surface area is 162 Å². The Kier molecular flexibility index (Phi) is 5.47. The van der Waals surface area contributed by atoms with Crippen LogP contribution in [0.2, 0.25) is 0 Å². The topological polar surface area (TPSA) is 94.9 Å². The van der Waals surface area contributed by atoms with Gasteiger partial charge in [-0.15, -0.1) is 0 Å². The number of para-hydroxylation sites is 1. The van der Waals surface area contributed by atoms with Gasteiger partial charge in [-0.3, -0.25) is 14.6 Å². The summed E-state index contributed by atoms with van der Waals surface area (Å²) in [5.41, 5.74) is 3.83. The molecule has 1 aromatic heterocycles. The number of hydrogen-bond donors (Lipinski definition) is 2. The van der Waals surface area contributed by atoms with Crippen LogP contribution in [0.1, 0.15) is 37.5 Å². The van der Waals surface area contributed by atoms with Crippen molar-refractivity contribution in [2.75, 3.05) is 10.6 Å². The molecule has 3 aromatic rings. The van der Waals surface area contributed by atoms with Crippen LogP contribution in [0.15, 0.2) is 60.8 Å². The first-order valence-corrected chi connectivity index (χ1v) is 8.63. The molecule has 3 rings (SSSR count). The van der Waals surface area contributed by atoms with E-state index in [9.17, 15) is 9.59 Å². The predicted octanol–water partition coefficient (Wildman–Crippen LogP) is 4.07. The first-order valence-electron chi connectivity index (χ1n) is 8.63. The summed E-state index contributed by atoms with van der Waals surface area (Å²) >= 11 is 0. The number of amides is 2. The molecular formula is C22H18N4O2. The van der Waals surface area contributed by atoms with Crippen LogP contribution in [0, 0.1) is 25.2 Å². The Hall–Kier alpha value is -3.98. The highest BCUT2D eigenvalue weighted by molar-refractivity contribution is 6.08. The molecule has 0 saturated carbocycles. The van der Waals surface area contributed by atoms with Crippen LogP contribution in [0.5, 0.6) is 0 Å². The van der Waals surface area contributed by atoms with Crippen molar-refractivity contribution in [2.24, 2.45) is 0 Å².